The first-order chi connectivity index (χ1) is 9.03. The maximum atomic E-state index is 12.4. The van der Waals surface area contributed by atoms with E-state index in [1.807, 2.05) is 0 Å². The Bertz CT molecular complexity index is 498. The number of methoxy groups -OCH3 is 1. The molecule has 7 nitrogen and oxygen atoms in total. The fourth-order valence-electron chi connectivity index (χ4n) is 2.48. The lowest BCUT2D eigenvalue weighted by atomic mass is 9.97. The largest absolute Gasteiger partial charge is 0.479 e. The average molecular weight is 268 g/mol. The molecule has 0 bridgehead atoms. The molecular weight excluding hydrogens is 252 g/mol. The van der Waals surface area contributed by atoms with Crippen molar-refractivity contribution in [3.63, 3.8) is 0 Å². The van der Waals surface area contributed by atoms with Crippen molar-refractivity contribution < 1.29 is 23.8 Å². The number of carbonyl (C=O) groups is 2. The van der Waals surface area contributed by atoms with Gasteiger partial charge in [0.15, 0.2) is 11.9 Å². The van der Waals surface area contributed by atoms with Gasteiger partial charge in [-0.15, -0.1) is 0 Å². The van der Waals surface area contributed by atoms with Crippen molar-refractivity contribution in [1.29, 1.82) is 0 Å². The summed E-state index contributed by atoms with van der Waals surface area (Å²) in [6.07, 6.45) is 2.17. The first-order valence-electron chi connectivity index (χ1n) is 5.97. The van der Waals surface area contributed by atoms with Gasteiger partial charge in [-0.1, -0.05) is 0 Å². The quantitative estimate of drug-likeness (QED) is 0.863. The molecule has 0 aromatic carbocycles. The number of aryl methyl sites for hydroxylation is 1. The van der Waals surface area contributed by atoms with E-state index in [4.69, 9.17) is 9.15 Å². The fourth-order valence-corrected chi connectivity index (χ4v) is 2.48. The molecule has 1 aromatic rings. The van der Waals surface area contributed by atoms with Gasteiger partial charge in [-0.3, -0.25) is 4.79 Å². The van der Waals surface area contributed by atoms with Crippen LogP contribution in [0.25, 0.3) is 0 Å². The van der Waals surface area contributed by atoms with Crippen LogP contribution in [0, 0.1) is 6.92 Å². The maximum Gasteiger partial charge on any atom is 0.332 e. The summed E-state index contributed by atoms with van der Waals surface area (Å²) in [7, 11) is 1.42. The van der Waals surface area contributed by atoms with E-state index in [2.05, 4.69) is 4.98 Å². The smallest absolute Gasteiger partial charge is 0.332 e. The van der Waals surface area contributed by atoms with Gasteiger partial charge in [0.25, 0.3) is 5.91 Å². The van der Waals surface area contributed by atoms with E-state index in [9.17, 15) is 14.7 Å². The Labute approximate surface area is 110 Å². The van der Waals surface area contributed by atoms with E-state index in [1.165, 1.54) is 18.4 Å². The summed E-state index contributed by atoms with van der Waals surface area (Å²) in [5.41, 5.74) is -0.862. The Balaban J connectivity index is 2.35. The number of hydrogen-bond acceptors (Lipinski definition) is 5. The SMILES string of the molecule is COCC1(C(=O)O)CCCN1C(=O)c1ocnc1C. The molecule has 1 atom stereocenters. The van der Waals surface area contributed by atoms with E-state index in [-0.39, 0.29) is 12.4 Å². The van der Waals surface area contributed by atoms with Gasteiger partial charge in [0.05, 0.1) is 12.3 Å². The summed E-state index contributed by atoms with van der Waals surface area (Å²) >= 11 is 0. The third kappa shape index (κ3) is 2.10. The molecule has 0 saturated carbocycles. The lowest BCUT2D eigenvalue weighted by Gasteiger charge is -2.33. The van der Waals surface area contributed by atoms with Crippen molar-refractivity contribution in [2.45, 2.75) is 25.3 Å². The van der Waals surface area contributed by atoms with Crippen LogP contribution in [0.2, 0.25) is 0 Å². The lowest BCUT2D eigenvalue weighted by Crippen LogP contribution is -2.56. The average Bonchev–Trinajstić information content (AvgIpc) is 2.96. The Kier molecular flexibility index (Phi) is 3.57. The molecule has 1 unspecified atom stereocenters. The first-order valence-corrected chi connectivity index (χ1v) is 5.97. The minimum atomic E-state index is -1.31. The van der Waals surface area contributed by atoms with Crippen LogP contribution in [-0.2, 0) is 9.53 Å². The minimum absolute atomic E-state index is 0.0404. The van der Waals surface area contributed by atoms with E-state index in [0.29, 0.717) is 25.1 Å². The molecule has 2 heterocycles. The summed E-state index contributed by atoms with van der Waals surface area (Å²) in [5.74, 6) is -1.42. The third-order valence-corrected chi connectivity index (χ3v) is 3.45. The zero-order valence-corrected chi connectivity index (χ0v) is 10.9. The number of carboxylic acid groups (broad SMARTS) is 1. The summed E-state index contributed by atoms with van der Waals surface area (Å²) in [6, 6.07) is 0. The molecule has 0 radical (unpaired) electrons. The lowest BCUT2D eigenvalue weighted by molar-refractivity contribution is -0.151. The molecule has 1 amide bonds. The summed E-state index contributed by atoms with van der Waals surface area (Å²) < 4.78 is 10.1. The number of carbonyl (C=O) groups excluding carboxylic acids is 1. The van der Waals surface area contributed by atoms with E-state index in [1.54, 1.807) is 6.92 Å². The minimum Gasteiger partial charge on any atom is -0.479 e. The highest BCUT2D eigenvalue weighted by molar-refractivity contribution is 5.97. The molecule has 1 N–H and O–H groups in total. The van der Waals surface area contributed by atoms with Crippen molar-refractivity contribution in [3.05, 3.63) is 17.8 Å². The Morgan fingerprint density at radius 3 is 2.89 bits per heavy atom. The van der Waals surface area contributed by atoms with Gasteiger partial charge < -0.3 is 19.2 Å². The van der Waals surface area contributed by atoms with Crippen LogP contribution in [0.3, 0.4) is 0 Å². The zero-order valence-electron chi connectivity index (χ0n) is 10.9. The number of hydrogen-bond donors (Lipinski definition) is 1. The van der Waals surface area contributed by atoms with Gasteiger partial charge >= 0.3 is 5.97 Å². The van der Waals surface area contributed by atoms with Gasteiger partial charge in [-0.25, -0.2) is 9.78 Å². The highest BCUT2D eigenvalue weighted by Crippen LogP contribution is 2.32. The van der Waals surface area contributed by atoms with Gasteiger partial charge in [0.1, 0.15) is 0 Å². The number of ether oxygens (including phenoxy) is 1. The normalized spacial score (nSPS) is 22.7. The molecule has 1 saturated heterocycles. The number of oxazole rings is 1. The second-order valence-corrected chi connectivity index (χ2v) is 4.60. The van der Waals surface area contributed by atoms with Crippen molar-refractivity contribution in [2.24, 2.45) is 0 Å². The van der Waals surface area contributed by atoms with Gasteiger partial charge in [0, 0.05) is 13.7 Å². The maximum absolute atomic E-state index is 12.4. The molecule has 1 aliphatic rings. The molecule has 0 aliphatic carbocycles. The van der Waals surface area contributed by atoms with Crippen molar-refractivity contribution >= 4 is 11.9 Å². The molecule has 1 aliphatic heterocycles. The second kappa shape index (κ2) is 5.00. The first kappa shape index (κ1) is 13.5. The molecule has 19 heavy (non-hydrogen) atoms. The monoisotopic (exact) mass is 268 g/mol. The number of carboxylic acids is 1. The molecule has 7 heteroatoms. The van der Waals surface area contributed by atoms with Crippen molar-refractivity contribution in [2.75, 3.05) is 20.3 Å². The molecule has 104 valence electrons. The van der Waals surface area contributed by atoms with Crippen LogP contribution in [0.4, 0.5) is 0 Å². The summed E-state index contributed by atoms with van der Waals surface area (Å²) in [6.45, 7) is 1.97. The number of amides is 1. The van der Waals surface area contributed by atoms with Crippen molar-refractivity contribution in [3.8, 4) is 0 Å². The zero-order chi connectivity index (χ0) is 14.0. The molecule has 0 spiro atoms. The molecule has 1 fully saturated rings. The van der Waals surface area contributed by atoms with E-state index >= 15 is 0 Å². The second-order valence-electron chi connectivity index (χ2n) is 4.60. The standard InChI is InChI=1S/C12H16N2O5/c1-8-9(19-7-13-8)10(15)14-5-3-4-12(14,6-18-2)11(16)17/h7H,3-6H2,1-2H3,(H,16,17). The van der Waals surface area contributed by atoms with E-state index in [0.717, 1.165) is 0 Å². The highest BCUT2D eigenvalue weighted by Gasteiger charge is 2.51. The molecule has 2 rings (SSSR count). The Hall–Kier alpha value is -1.89. The van der Waals surface area contributed by atoms with Gasteiger partial charge in [0.2, 0.25) is 5.76 Å². The number of aliphatic carboxylic acids is 1. The van der Waals surface area contributed by atoms with Crippen LogP contribution in [0.15, 0.2) is 10.8 Å². The molecular formula is C12H16N2O5. The third-order valence-electron chi connectivity index (χ3n) is 3.45. The Morgan fingerprint density at radius 1 is 1.63 bits per heavy atom. The van der Waals surface area contributed by atoms with Crippen LogP contribution >= 0.6 is 0 Å². The Morgan fingerprint density at radius 2 is 2.37 bits per heavy atom. The topological polar surface area (TPSA) is 92.9 Å². The van der Waals surface area contributed by atoms with E-state index < -0.39 is 17.4 Å². The predicted molar refractivity (Wildman–Crippen MR) is 63.8 cm³/mol. The number of nitrogens with zero attached hydrogens (tertiary/aromatic N) is 2. The number of likely N-dealkylation sites (tertiary alicyclic amines) is 1. The van der Waals surface area contributed by atoms with Crippen LogP contribution in [0.5, 0.6) is 0 Å². The van der Waals surface area contributed by atoms with Crippen LogP contribution in [0.1, 0.15) is 29.1 Å². The predicted octanol–water partition coefficient (Wildman–Crippen LogP) is 0.689. The van der Waals surface area contributed by atoms with Gasteiger partial charge in [-0.2, -0.15) is 0 Å². The fraction of sp³-hybridized carbons (Fsp3) is 0.583. The molecule has 1 aromatic heterocycles. The van der Waals surface area contributed by atoms with Crippen molar-refractivity contribution in [1.82, 2.24) is 9.88 Å². The summed E-state index contributed by atoms with van der Waals surface area (Å²) in [5, 5.41) is 9.46. The summed E-state index contributed by atoms with van der Waals surface area (Å²) in [4.78, 5) is 29.1. The van der Waals surface area contributed by atoms with Crippen LogP contribution in [-0.4, -0.2) is 52.7 Å². The van der Waals surface area contributed by atoms with Gasteiger partial charge in [-0.05, 0) is 19.8 Å². The van der Waals surface area contributed by atoms with Crippen LogP contribution < -0.4 is 0 Å². The number of rotatable bonds is 4. The highest BCUT2D eigenvalue weighted by atomic mass is 16.5. The number of aromatic nitrogens is 1.